The fraction of sp³-hybridized carbons (Fsp3) is 0.0909. The molecule has 0 radical (unpaired) electrons. The molecule has 0 aliphatic carbocycles. The molecule has 1 nitrogen and oxygen atoms in total. The number of thiophene rings is 1. The van der Waals surface area contributed by atoms with E-state index in [1.807, 2.05) is 23.6 Å². The molecule has 0 amide bonds. The summed E-state index contributed by atoms with van der Waals surface area (Å²) < 4.78 is 0. The van der Waals surface area contributed by atoms with Crippen LogP contribution in [0.5, 0.6) is 0 Å². The second-order valence-electron chi connectivity index (χ2n) is 3.10. The van der Waals surface area contributed by atoms with Gasteiger partial charge in [0.1, 0.15) is 0 Å². The van der Waals surface area contributed by atoms with Crippen LogP contribution >= 0.6 is 34.5 Å². The first-order valence-electron chi connectivity index (χ1n) is 4.46. The largest absolute Gasteiger partial charge is 0.380 e. The maximum absolute atomic E-state index is 6.05. The van der Waals surface area contributed by atoms with Gasteiger partial charge in [0.05, 0.1) is 0 Å². The van der Waals surface area contributed by atoms with Crippen molar-refractivity contribution in [1.29, 1.82) is 0 Å². The average molecular weight is 258 g/mol. The fourth-order valence-electron chi connectivity index (χ4n) is 1.23. The Labute approximate surface area is 103 Å². The number of anilines is 1. The predicted molar refractivity (Wildman–Crippen MR) is 68.1 cm³/mol. The quantitative estimate of drug-likeness (QED) is 0.843. The Balaban J connectivity index is 2.05. The molecule has 1 aromatic carbocycles. The first kappa shape index (κ1) is 10.8. The van der Waals surface area contributed by atoms with Gasteiger partial charge in [-0.1, -0.05) is 29.3 Å². The summed E-state index contributed by atoms with van der Waals surface area (Å²) in [6, 6.07) is 7.57. The molecule has 0 spiro atoms. The summed E-state index contributed by atoms with van der Waals surface area (Å²) in [5, 5.41) is 8.74. The summed E-state index contributed by atoms with van der Waals surface area (Å²) in [5.74, 6) is 0. The van der Waals surface area contributed by atoms with Crippen LogP contribution in [-0.2, 0) is 6.54 Å². The number of halogens is 2. The molecule has 0 fully saturated rings. The molecule has 0 unspecified atom stereocenters. The van der Waals surface area contributed by atoms with Gasteiger partial charge in [0.25, 0.3) is 0 Å². The zero-order valence-electron chi connectivity index (χ0n) is 7.84. The molecular formula is C11H9Cl2NS. The van der Waals surface area contributed by atoms with Gasteiger partial charge in [-0.15, -0.1) is 0 Å². The van der Waals surface area contributed by atoms with Crippen LogP contribution in [0.15, 0.2) is 35.0 Å². The van der Waals surface area contributed by atoms with Crippen LogP contribution in [-0.4, -0.2) is 0 Å². The SMILES string of the molecule is Clc1ccc(CNc2ccsc2)c(Cl)c1. The molecule has 2 rings (SSSR count). The van der Waals surface area contributed by atoms with E-state index in [9.17, 15) is 0 Å². The third kappa shape index (κ3) is 2.88. The minimum absolute atomic E-state index is 0.666. The van der Waals surface area contributed by atoms with Crippen molar-refractivity contribution in [3.05, 3.63) is 50.6 Å². The van der Waals surface area contributed by atoms with Gasteiger partial charge in [-0.25, -0.2) is 0 Å². The van der Waals surface area contributed by atoms with Gasteiger partial charge >= 0.3 is 0 Å². The van der Waals surface area contributed by atoms with Crippen molar-refractivity contribution in [3.63, 3.8) is 0 Å². The molecule has 0 aliphatic heterocycles. The zero-order valence-corrected chi connectivity index (χ0v) is 10.2. The molecule has 0 saturated heterocycles. The van der Waals surface area contributed by atoms with Crippen LogP contribution in [0, 0.1) is 0 Å². The van der Waals surface area contributed by atoms with Crippen LogP contribution in [0.3, 0.4) is 0 Å². The van der Waals surface area contributed by atoms with E-state index >= 15 is 0 Å². The van der Waals surface area contributed by atoms with E-state index in [1.165, 1.54) is 0 Å². The van der Waals surface area contributed by atoms with Crippen LogP contribution in [0.25, 0.3) is 0 Å². The highest BCUT2D eigenvalue weighted by Gasteiger charge is 2.01. The third-order valence-corrected chi connectivity index (χ3v) is 3.29. The van der Waals surface area contributed by atoms with Crippen LogP contribution in [0.1, 0.15) is 5.56 Å². The number of benzene rings is 1. The first-order chi connectivity index (χ1) is 7.25. The number of hydrogen-bond donors (Lipinski definition) is 1. The minimum atomic E-state index is 0.666. The topological polar surface area (TPSA) is 12.0 Å². The van der Waals surface area contributed by atoms with Gasteiger partial charge in [-0.05, 0) is 29.1 Å². The summed E-state index contributed by atoms with van der Waals surface area (Å²) in [7, 11) is 0. The van der Waals surface area contributed by atoms with Crippen LogP contribution < -0.4 is 5.32 Å². The van der Waals surface area contributed by atoms with E-state index < -0.39 is 0 Å². The Kier molecular flexibility index (Phi) is 3.52. The summed E-state index contributed by atoms with van der Waals surface area (Å²) >= 11 is 13.5. The molecule has 1 aromatic heterocycles. The van der Waals surface area contributed by atoms with Crippen molar-refractivity contribution >= 4 is 40.2 Å². The van der Waals surface area contributed by atoms with Gasteiger partial charge in [0.15, 0.2) is 0 Å². The molecule has 15 heavy (non-hydrogen) atoms. The van der Waals surface area contributed by atoms with E-state index in [2.05, 4.69) is 10.7 Å². The monoisotopic (exact) mass is 257 g/mol. The fourth-order valence-corrected chi connectivity index (χ4v) is 2.31. The normalized spacial score (nSPS) is 10.3. The summed E-state index contributed by atoms with van der Waals surface area (Å²) in [6.45, 7) is 0.715. The molecular weight excluding hydrogens is 249 g/mol. The molecule has 4 heteroatoms. The predicted octanol–water partition coefficient (Wildman–Crippen LogP) is 4.67. The van der Waals surface area contributed by atoms with Crippen molar-refractivity contribution in [3.8, 4) is 0 Å². The van der Waals surface area contributed by atoms with E-state index in [0.717, 1.165) is 11.3 Å². The van der Waals surface area contributed by atoms with Gasteiger partial charge in [0.2, 0.25) is 0 Å². The van der Waals surface area contributed by atoms with Gasteiger partial charge in [-0.2, -0.15) is 11.3 Å². The summed E-state index contributed by atoms with van der Waals surface area (Å²) in [5.41, 5.74) is 2.17. The number of nitrogens with one attached hydrogen (secondary N) is 1. The van der Waals surface area contributed by atoms with E-state index in [0.29, 0.717) is 16.6 Å². The molecule has 0 atom stereocenters. The van der Waals surface area contributed by atoms with Crippen LogP contribution in [0.2, 0.25) is 10.0 Å². The number of rotatable bonds is 3. The van der Waals surface area contributed by atoms with Crippen molar-refractivity contribution in [2.24, 2.45) is 0 Å². The molecule has 78 valence electrons. The number of hydrogen-bond acceptors (Lipinski definition) is 2. The smallest absolute Gasteiger partial charge is 0.0470 e. The van der Waals surface area contributed by atoms with Crippen molar-refractivity contribution < 1.29 is 0 Å². The molecule has 1 heterocycles. The Bertz CT molecular complexity index is 440. The van der Waals surface area contributed by atoms with Crippen LogP contribution in [0.4, 0.5) is 5.69 Å². The van der Waals surface area contributed by atoms with E-state index in [4.69, 9.17) is 23.2 Å². The maximum Gasteiger partial charge on any atom is 0.0470 e. The summed E-state index contributed by atoms with van der Waals surface area (Å²) in [4.78, 5) is 0. The third-order valence-electron chi connectivity index (χ3n) is 2.02. The van der Waals surface area contributed by atoms with Crippen molar-refractivity contribution in [2.75, 3.05) is 5.32 Å². The molecule has 0 bridgehead atoms. The second kappa shape index (κ2) is 4.88. The molecule has 0 aliphatic rings. The lowest BCUT2D eigenvalue weighted by atomic mass is 10.2. The Morgan fingerprint density at radius 2 is 2.07 bits per heavy atom. The van der Waals surface area contributed by atoms with E-state index in [1.54, 1.807) is 17.4 Å². The van der Waals surface area contributed by atoms with Gasteiger partial charge in [0, 0.05) is 27.7 Å². The Hall–Kier alpha value is -0.700. The standard InChI is InChI=1S/C11H9Cl2NS/c12-9-2-1-8(11(13)5-9)6-14-10-3-4-15-7-10/h1-5,7,14H,6H2. The zero-order chi connectivity index (χ0) is 10.7. The van der Waals surface area contributed by atoms with E-state index in [-0.39, 0.29) is 0 Å². The highest BCUT2D eigenvalue weighted by molar-refractivity contribution is 7.08. The highest BCUT2D eigenvalue weighted by atomic mass is 35.5. The van der Waals surface area contributed by atoms with Gasteiger partial charge in [-0.3, -0.25) is 0 Å². The average Bonchev–Trinajstić information content (AvgIpc) is 2.69. The molecule has 2 aromatic rings. The van der Waals surface area contributed by atoms with Crippen molar-refractivity contribution in [2.45, 2.75) is 6.54 Å². The lowest BCUT2D eigenvalue weighted by Gasteiger charge is -2.06. The van der Waals surface area contributed by atoms with Gasteiger partial charge < -0.3 is 5.32 Å². The van der Waals surface area contributed by atoms with Crippen molar-refractivity contribution in [1.82, 2.24) is 0 Å². The lowest BCUT2D eigenvalue weighted by molar-refractivity contribution is 1.15. The second-order valence-corrected chi connectivity index (χ2v) is 4.72. The molecule has 0 saturated carbocycles. The Morgan fingerprint density at radius 3 is 2.73 bits per heavy atom. The Morgan fingerprint density at radius 1 is 1.20 bits per heavy atom. The summed E-state index contributed by atoms with van der Waals surface area (Å²) in [6.07, 6.45) is 0. The first-order valence-corrected chi connectivity index (χ1v) is 6.15. The lowest BCUT2D eigenvalue weighted by Crippen LogP contribution is -1.98. The minimum Gasteiger partial charge on any atom is -0.380 e. The molecule has 1 N–H and O–H groups in total. The maximum atomic E-state index is 6.05. The highest BCUT2D eigenvalue weighted by Crippen LogP contribution is 2.22.